The highest BCUT2D eigenvalue weighted by Crippen LogP contribution is 2.56. The second-order valence-corrected chi connectivity index (χ2v) is 8.96. The van der Waals surface area contributed by atoms with Gasteiger partial charge in [-0.05, 0) is 37.6 Å². The zero-order valence-corrected chi connectivity index (χ0v) is 17.0. The van der Waals surface area contributed by atoms with E-state index in [1.165, 1.54) is 4.90 Å². The minimum Gasteiger partial charge on any atom is -0.491 e. The van der Waals surface area contributed by atoms with E-state index in [4.69, 9.17) is 9.47 Å². The number of carboxylic acids is 1. The van der Waals surface area contributed by atoms with Crippen molar-refractivity contribution < 1.29 is 24.2 Å². The molecule has 2 aromatic carbocycles. The number of anilines is 1. The van der Waals surface area contributed by atoms with Crippen molar-refractivity contribution in [3.63, 3.8) is 0 Å². The zero-order valence-electron chi connectivity index (χ0n) is 15.4. The lowest BCUT2D eigenvalue weighted by Gasteiger charge is -2.23. The van der Waals surface area contributed by atoms with Gasteiger partial charge in [0.25, 0.3) is 0 Å². The van der Waals surface area contributed by atoms with Crippen LogP contribution in [0.25, 0.3) is 0 Å². The molecule has 1 unspecified atom stereocenters. The number of ether oxygens (including phenoxy) is 2. The fourth-order valence-electron chi connectivity index (χ4n) is 4.63. The molecule has 1 amide bonds. The van der Waals surface area contributed by atoms with Crippen LogP contribution in [0.3, 0.4) is 0 Å². The van der Waals surface area contributed by atoms with Gasteiger partial charge in [-0.15, -0.1) is 0 Å². The van der Waals surface area contributed by atoms with Gasteiger partial charge in [0.15, 0.2) is 0 Å². The second kappa shape index (κ2) is 5.50. The molecular weight excluding hydrogens is 426 g/mol. The highest BCUT2D eigenvalue weighted by Gasteiger charge is 2.58. The van der Waals surface area contributed by atoms with E-state index in [9.17, 15) is 14.7 Å². The molecule has 0 aliphatic carbocycles. The van der Waals surface area contributed by atoms with E-state index in [1.54, 1.807) is 12.1 Å². The van der Waals surface area contributed by atoms with Crippen LogP contribution in [0, 0.1) is 0 Å². The lowest BCUT2D eigenvalue weighted by molar-refractivity contribution is -0.137. The number of hydrogen-bond acceptors (Lipinski definition) is 4. The summed E-state index contributed by atoms with van der Waals surface area (Å²) in [5.74, 6) is 0.0675. The Labute approximate surface area is 170 Å². The van der Waals surface area contributed by atoms with E-state index >= 15 is 0 Å². The highest BCUT2D eigenvalue weighted by atomic mass is 79.9. The number of aliphatic carboxylic acids is 1. The Morgan fingerprint density at radius 2 is 2.07 bits per heavy atom. The molecular formula is C21H18BrNO5. The number of amides is 1. The van der Waals surface area contributed by atoms with Crippen LogP contribution in [0.1, 0.15) is 30.5 Å². The monoisotopic (exact) mass is 443 g/mol. The maximum Gasteiger partial charge on any atom is 0.323 e. The van der Waals surface area contributed by atoms with E-state index in [0.29, 0.717) is 11.4 Å². The molecule has 7 heteroatoms. The summed E-state index contributed by atoms with van der Waals surface area (Å²) < 4.78 is 12.7. The van der Waals surface area contributed by atoms with E-state index in [-0.39, 0.29) is 24.7 Å². The molecule has 1 N–H and O–H groups in total. The average Bonchev–Trinajstić information content (AvgIpc) is 3.19. The number of carbonyl (C=O) groups excluding carboxylic acids is 1. The maximum atomic E-state index is 13.6. The molecule has 3 aliphatic heterocycles. The second-order valence-electron chi connectivity index (χ2n) is 8.11. The molecule has 2 aromatic rings. The van der Waals surface area contributed by atoms with Crippen molar-refractivity contribution in [2.45, 2.75) is 31.3 Å². The minimum atomic E-state index is -1.06. The van der Waals surface area contributed by atoms with Crippen LogP contribution >= 0.6 is 15.9 Å². The molecule has 3 heterocycles. The summed E-state index contributed by atoms with van der Waals surface area (Å²) >= 11 is 3.58. The summed E-state index contributed by atoms with van der Waals surface area (Å²) in [6.07, 6.45) is 0.738. The lowest BCUT2D eigenvalue weighted by atomic mass is 9.76. The van der Waals surface area contributed by atoms with Gasteiger partial charge < -0.3 is 14.6 Å². The summed E-state index contributed by atoms with van der Waals surface area (Å²) in [7, 11) is 0. The fourth-order valence-corrected chi connectivity index (χ4v) is 5.33. The summed E-state index contributed by atoms with van der Waals surface area (Å²) in [5.41, 5.74) is 1.82. The molecule has 5 rings (SSSR count). The van der Waals surface area contributed by atoms with Crippen LogP contribution in [0.4, 0.5) is 5.69 Å². The number of halogens is 1. The predicted octanol–water partition coefficient (Wildman–Crippen LogP) is 3.27. The molecule has 28 heavy (non-hydrogen) atoms. The van der Waals surface area contributed by atoms with Gasteiger partial charge in [-0.2, -0.15) is 0 Å². The van der Waals surface area contributed by atoms with Gasteiger partial charge in [0.05, 0.1) is 5.69 Å². The Hall–Kier alpha value is -2.54. The number of rotatable bonds is 2. The van der Waals surface area contributed by atoms with Crippen molar-refractivity contribution in [2.75, 3.05) is 18.1 Å². The molecule has 3 aliphatic rings. The van der Waals surface area contributed by atoms with Crippen LogP contribution in [-0.2, 0) is 21.4 Å². The average molecular weight is 444 g/mol. The molecule has 0 radical (unpaired) electrons. The van der Waals surface area contributed by atoms with E-state index in [0.717, 1.165) is 33.3 Å². The maximum absolute atomic E-state index is 13.6. The van der Waals surface area contributed by atoms with Gasteiger partial charge in [0.1, 0.15) is 35.7 Å². The van der Waals surface area contributed by atoms with Gasteiger partial charge in [-0.25, -0.2) is 0 Å². The number of fused-ring (bicyclic) bond motifs is 5. The summed E-state index contributed by atoms with van der Waals surface area (Å²) in [6, 6.07) is 9.32. The SMILES string of the molecule is CC1(C)Cc2cc3c(cc2O1)OCC31C(=O)N(CC(=O)O)c2cccc(Br)c21. The molecule has 0 saturated carbocycles. The van der Waals surface area contributed by atoms with Crippen LogP contribution in [0.2, 0.25) is 0 Å². The molecule has 144 valence electrons. The summed E-state index contributed by atoms with van der Waals surface area (Å²) in [4.78, 5) is 26.4. The van der Waals surface area contributed by atoms with Crippen LogP contribution in [0.5, 0.6) is 11.5 Å². The normalized spacial score (nSPS) is 23.2. The first kappa shape index (κ1) is 17.6. The zero-order chi connectivity index (χ0) is 19.8. The van der Waals surface area contributed by atoms with Gasteiger partial charge in [-0.3, -0.25) is 14.5 Å². The van der Waals surface area contributed by atoms with Crippen LogP contribution < -0.4 is 14.4 Å². The van der Waals surface area contributed by atoms with Crippen LogP contribution in [0.15, 0.2) is 34.8 Å². The molecule has 0 aromatic heterocycles. The molecule has 1 spiro atoms. The van der Waals surface area contributed by atoms with E-state index in [2.05, 4.69) is 15.9 Å². The van der Waals surface area contributed by atoms with Gasteiger partial charge in [-0.1, -0.05) is 22.0 Å². The molecule has 0 fully saturated rings. The Bertz CT molecular complexity index is 1060. The first-order valence-corrected chi connectivity index (χ1v) is 9.84. The fraction of sp³-hybridized carbons (Fsp3) is 0.333. The third kappa shape index (κ3) is 2.19. The van der Waals surface area contributed by atoms with Gasteiger partial charge >= 0.3 is 5.97 Å². The topological polar surface area (TPSA) is 76.1 Å². The van der Waals surface area contributed by atoms with Crippen LogP contribution in [-0.4, -0.2) is 35.7 Å². The van der Waals surface area contributed by atoms with E-state index < -0.39 is 11.4 Å². The quantitative estimate of drug-likeness (QED) is 0.770. The molecule has 1 atom stereocenters. The number of nitrogens with zero attached hydrogens (tertiary/aromatic N) is 1. The third-order valence-corrected chi connectivity index (χ3v) is 6.34. The Kier molecular flexibility index (Phi) is 3.45. The Balaban J connectivity index is 1.73. The predicted molar refractivity (Wildman–Crippen MR) is 105 cm³/mol. The number of carbonyl (C=O) groups is 2. The van der Waals surface area contributed by atoms with Gasteiger partial charge in [0, 0.05) is 28.1 Å². The molecule has 6 nitrogen and oxygen atoms in total. The third-order valence-electron chi connectivity index (χ3n) is 5.68. The van der Waals surface area contributed by atoms with Crippen molar-refractivity contribution >= 4 is 33.5 Å². The number of hydrogen-bond donors (Lipinski definition) is 1. The minimum absolute atomic E-state index is 0.138. The molecule has 0 saturated heterocycles. The molecule has 0 bridgehead atoms. The lowest BCUT2D eigenvalue weighted by Crippen LogP contribution is -2.44. The van der Waals surface area contributed by atoms with Crippen molar-refractivity contribution in [3.8, 4) is 11.5 Å². The largest absolute Gasteiger partial charge is 0.491 e. The Morgan fingerprint density at radius 1 is 1.29 bits per heavy atom. The Morgan fingerprint density at radius 3 is 2.82 bits per heavy atom. The first-order chi connectivity index (χ1) is 13.2. The van der Waals surface area contributed by atoms with Crippen molar-refractivity contribution in [1.82, 2.24) is 0 Å². The smallest absolute Gasteiger partial charge is 0.323 e. The van der Waals surface area contributed by atoms with Crippen molar-refractivity contribution in [3.05, 3.63) is 51.5 Å². The van der Waals surface area contributed by atoms with Crippen molar-refractivity contribution in [1.29, 1.82) is 0 Å². The number of benzene rings is 2. The summed E-state index contributed by atoms with van der Waals surface area (Å²) in [5, 5.41) is 9.34. The summed E-state index contributed by atoms with van der Waals surface area (Å²) in [6.45, 7) is 3.80. The van der Waals surface area contributed by atoms with E-state index in [1.807, 2.05) is 32.0 Å². The number of carboxylic acid groups (broad SMARTS) is 1. The van der Waals surface area contributed by atoms with Gasteiger partial charge in [0.2, 0.25) is 5.91 Å². The highest BCUT2D eigenvalue weighted by molar-refractivity contribution is 9.10. The first-order valence-electron chi connectivity index (χ1n) is 9.05. The van der Waals surface area contributed by atoms with Crippen molar-refractivity contribution in [2.24, 2.45) is 0 Å². The standard InChI is InChI=1S/C21H18BrNO5/c1-20(2)8-11-6-12-16(7-15(11)28-20)27-10-21(12)18-13(22)4-3-5-14(18)23(19(21)26)9-17(24)25/h3-7H,8-10H2,1-2H3,(H,24,25).